The minimum atomic E-state index is -0.420. The second kappa shape index (κ2) is 6.91. The number of hydrogen-bond donors (Lipinski definition) is 2. The highest BCUT2D eigenvalue weighted by Crippen LogP contribution is 2.12. The van der Waals surface area contributed by atoms with Crippen molar-refractivity contribution in [3.63, 3.8) is 0 Å². The van der Waals surface area contributed by atoms with Crippen LogP contribution in [0.15, 0.2) is 24.3 Å². The summed E-state index contributed by atoms with van der Waals surface area (Å²) in [4.78, 5) is 11.4. The maximum Gasteiger partial charge on any atom is 0.411 e. The number of anilines is 1. The molecule has 4 nitrogen and oxygen atoms in total. The maximum atomic E-state index is 11.4. The van der Waals surface area contributed by atoms with Crippen molar-refractivity contribution >= 4 is 11.8 Å². The van der Waals surface area contributed by atoms with E-state index in [1.54, 1.807) is 0 Å². The Bertz CT molecular complexity index is 364. The Morgan fingerprint density at radius 2 is 2.24 bits per heavy atom. The van der Waals surface area contributed by atoms with Gasteiger partial charge < -0.3 is 10.5 Å². The van der Waals surface area contributed by atoms with Crippen LogP contribution in [-0.4, -0.2) is 18.7 Å². The molecule has 0 fully saturated rings. The van der Waals surface area contributed by atoms with Crippen LogP contribution < -0.4 is 11.1 Å². The quantitative estimate of drug-likeness (QED) is 0.825. The molecule has 17 heavy (non-hydrogen) atoms. The first-order chi connectivity index (χ1) is 8.11. The molecule has 4 heteroatoms. The summed E-state index contributed by atoms with van der Waals surface area (Å²) < 4.78 is 5.01. The number of carbonyl (C=O) groups excluding carboxylic acids is 1. The molecule has 0 aliphatic rings. The Balaban J connectivity index is 2.56. The number of benzene rings is 1. The van der Waals surface area contributed by atoms with Crippen molar-refractivity contribution in [2.75, 3.05) is 11.9 Å². The Hall–Kier alpha value is -1.55. The van der Waals surface area contributed by atoms with Crippen LogP contribution in [0.3, 0.4) is 0 Å². The molecule has 1 rings (SSSR count). The lowest BCUT2D eigenvalue weighted by Gasteiger charge is -2.10. The third kappa shape index (κ3) is 5.36. The van der Waals surface area contributed by atoms with E-state index in [0.29, 0.717) is 6.54 Å². The lowest BCUT2D eigenvalue weighted by Crippen LogP contribution is -2.18. The van der Waals surface area contributed by atoms with Crippen LogP contribution in [-0.2, 0) is 11.2 Å². The fraction of sp³-hybridized carbons (Fsp3) is 0.462. The Morgan fingerprint density at radius 3 is 2.88 bits per heavy atom. The molecule has 0 aliphatic carbocycles. The Morgan fingerprint density at radius 1 is 1.47 bits per heavy atom. The second-order valence-corrected chi connectivity index (χ2v) is 4.17. The van der Waals surface area contributed by atoms with Crippen molar-refractivity contribution in [1.29, 1.82) is 0 Å². The van der Waals surface area contributed by atoms with Crippen LogP contribution in [0.1, 0.15) is 25.8 Å². The molecule has 0 aliphatic heterocycles. The molecule has 0 atom stereocenters. The van der Waals surface area contributed by atoms with Gasteiger partial charge in [-0.1, -0.05) is 12.1 Å². The van der Waals surface area contributed by atoms with E-state index in [9.17, 15) is 4.79 Å². The average molecular weight is 236 g/mol. The fourth-order valence-electron chi connectivity index (χ4n) is 1.47. The predicted molar refractivity (Wildman–Crippen MR) is 69.1 cm³/mol. The first-order valence-corrected chi connectivity index (χ1v) is 5.88. The van der Waals surface area contributed by atoms with Crippen LogP contribution in [0.5, 0.6) is 0 Å². The van der Waals surface area contributed by atoms with E-state index in [4.69, 9.17) is 10.5 Å². The molecule has 0 saturated heterocycles. The van der Waals surface area contributed by atoms with Crippen LogP contribution in [0.2, 0.25) is 0 Å². The van der Waals surface area contributed by atoms with Gasteiger partial charge in [0.05, 0.1) is 6.10 Å². The van der Waals surface area contributed by atoms with Gasteiger partial charge >= 0.3 is 6.09 Å². The van der Waals surface area contributed by atoms with Gasteiger partial charge in [-0.05, 0) is 50.9 Å². The Labute approximate surface area is 102 Å². The summed E-state index contributed by atoms with van der Waals surface area (Å²) in [7, 11) is 0. The molecular formula is C13H20N2O2. The molecule has 0 saturated carbocycles. The standard InChI is InChI=1S/C13H20N2O2/c1-10(2)17-13(16)15-12-7-3-5-11(9-12)6-4-8-14/h3,5,7,9-10H,4,6,8,14H2,1-2H3,(H,15,16). The minimum Gasteiger partial charge on any atom is -0.447 e. The number of nitrogens with two attached hydrogens (primary N) is 1. The maximum absolute atomic E-state index is 11.4. The van der Waals surface area contributed by atoms with Gasteiger partial charge in [-0.25, -0.2) is 4.79 Å². The number of amides is 1. The van der Waals surface area contributed by atoms with Gasteiger partial charge in [0.1, 0.15) is 0 Å². The monoisotopic (exact) mass is 236 g/mol. The molecule has 1 aromatic rings. The number of ether oxygens (including phenoxy) is 1. The van der Waals surface area contributed by atoms with E-state index >= 15 is 0 Å². The van der Waals surface area contributed by atoms with Crippen LogP contribution in [0.25, 0.3) is 0 Å². The third-order valence-corrected chi connectivity index (χ3v) is 2.19. The van der Waals surface area contributed by atoms with Crippen LogP contribution in [0, 0.1) is 0 Å². The molecule has 0 heterocycles. The van der Waals surface area contributed by atoms with Gasteiger partial charge in [0.25, 0.3) is 0 Å². The van der Waals surface area contributed by atoms with E-state index in [1.807, 2.05) is 38.1 Å². The molecule has 94 valence electrons. The van der Waals surface area contributed by atoms with Crippen molar-refractivity contribution in [2.24, 2.45) is 5.73 Å². The largest absolute Gasteiger partial charge is 0.447 e. The highest BCUT2D eigenvalue weighted by Gasteiger charge is 2.05. The molecular weight excluding hydrogens is 216 g/mol. The van der Waals surface area contributed by atoms with Gasteiger partial charge in [-0.2, -0.15) is 0 Å². The van der Waals surface area contributed by atoms with Crippen molar-refractivity contribution in [1.82, 2.24) is 0 Å². The zero-order valence-electron chi connectivity index (χ0n) is 10.4. The van der Waals surface area contributed by atoms with Gasteiger partial charge in [0.2, 0.25) is 0 Å². The normalized spacial score (nSPS) is 10.4. The number of hydrogen-bond acceptors (Lipinski definition) is 3. The van der Waals surface area contributed by atoms with E-state index < -0.39 is 6.09 Å². The molecule has 0 radical (unpaired) electrons. The summed E-state index contributed by atoms with van der Waals surface area (Å²) in [5.74, 6) is 0. The number of aryl methyl sites for hydroxylation is 1. The lowest BCUT2D eigenvalue weighted by atomic mass is 10.1. The lowest BCUT2D eigenvalue weighted by molar-refractivity contribution is 0.130. The minimum absolute atomic E-state index is 0.115. The van der Waals surface area contributed by atoms with Gasteiger partial charge in [0.15, 0.2) is 0 Å². The summed E-state index contributed by atoms with van der Waals surface area (Å²) in [6, 6.07) is 7.72. The summed E-state index contributed by atoms with van der Waals surface area (Å²) in [5, 5.41) is 2.70. The molecule has 0 spiro atoms. The summed E-state index contributed by atoms with van der Waals surface area (Å²) in [6.45, 7) is 4.31. The van der Waals surface area contributed by atoms with E-state index in [-0.39, 0.29) is 6.10 Å². The molecule has 3 N–H and O–H groups in total. The van der Waals surface area contributed by atoms with Crippen molar-refractivity contribution < 1.29 is 9.53 Å². The molecule has 1 aromatic carbocycles. The van der Waals surface area contributed by atoms with E-state index in [2.05, 4.69) is 5.32 Å². The van der Waals surface area contributed by atoms with E-state index in [1.165, 1.54) is 0 Å². The van der Waals surface area contributed by atoms with Crippen molar-refractivity contribution in [3.05, 3.63) is 29.8 Å². The topological polar surface area (TPSA) is 64.3 Å². The summed E-state index contributed by atoms with van der Waals surface area (Å²) >= 11 is 0. The molecule has 0 aromatic heterocycles. The zero-order chi connectivity index (χ0) is 12.7. The molecule has 0 unspecified atom stereocenters. The number of nitrogens with one attached hydrogen (secondary N) is 1. The van der Waals surface area contributed by atoms with Crippen LogP contribution >= 0.6 is 0 Å². The number of carbonyl (C=O) groups is 1. The van der Waals surface area contributed by atoms with Crippen molar-refractivity contribution in [3.8, 4) is 0 Å². The highest BCUT2D eigenvalue weighted by molar-refractivity contribution is 5.84. The first-order valence-electron chi connectivity index (χ1n) is 5.88. The third-order valence-electron chi connectivity index (χ3n) is 2.19. The first kappa shape index (κ1) is 13.5. The van der Waals surface area contributed by atoms with Crippen molar-refractivity contribution in [2.45, 2.75) is 32.8 Å². The van der Waals surface area contributed by atoms with E-state index in [0.717, 1.165) is 24.1 Å². The second-order valence-electron chi connectivity index (χ2n) is 4.17. The zero-order valence-corrected chi connectivity index (χ0v) is 10.4. The number of rotatable bonds is 5. The van der Waals surface area contributed by atoms with Gasteiger partial charge in [-0.15, -0.1) is 0 Å². The predicted octanol–water partition coefficient (Wildman–Crippen LogP) is 2.53. The average Bonchev–Trinajstić information content (AvgIpc) is 2.25. The van der Waals surface area contributed by atoms with Gasteiger partial charge in [0, 0.05) is 5.69 Å². The molecule has 1 amide bonds. The Kier molecular flexibility index (Phi) is 5.49. The SMILES string of the molecule is CC(C)OC(=O)Nc1cccc(CCCN)c1. The summed E-state index contributed by atoms with van der Waals surface area (Å²) in [6.07, 6.45) is 1.33. The van der Waals surface area contributed by atoms with Crippen LogP contribution in [0.4, 0.5) is 10.5 Å². The fourth-order valence-corrected chi connectivity index (χ4v) is 1.47. The summed E-state index contributed by atoms with van der Waals surface area (Å²) in [5.41, 5.74) is 7.38. The smallest absolute Gasteiger partial charge is 0.411 e. The highest BCUT2D eigenvalue weighted by atomic mass is 16.6. The van der Waals surface area contributed by atoms with Gasteiger partial charge in [-0.3, -0.25) is 5.32 Å². The molecule has 0 bridgehead atoms.